The number of hydrogen-bond acceptors (Lipinski definition) is 8. The summed E-state index contributed by atoms with van der Waals surface area (Å²) >= 11 is 11.0. The molecule has 2 heterocycles. The monoisotopic (exact) mass is 376 g/mol. The highest BCUT2D eigenvalue weighted by Crippen LogP contribution is 2.63. The normalized spacial score (nSPS) is 18.1. The molecule has 4 N–H and O–H groups in total. The van der Waals surface area contributed by atoms with Crippen LogP contribution in [0.4, 0.5) is 11.4 Å². The number of nitrogens with two attached hydrogens (primary N) is 2. The molecule has 3 rings (SSSR count). The highest BCUT2D eigenvalue weighted by Gasteiger charge is 2.28. The summed E-state index contributed by atoms with van der Waals surface area (Å²) in [5, 5.41) is 0. The molecular weight excluding hydrogens is 365 g/mol. The van der Waals surface area contributed by atoms with E-state index in [1.54, 1.807) is 23.5 Å². The van der Waals surface area contributed by atoms with Crippen molar-refractivity contribution in [3.8, 4) is 0 Å². The lowest BCUT2D eigenvalue weighted by Crippen LogP contribution is -1.94. The van der Waals surface area contributed by atoms with Crippen LogP contribution in [0.3, 0.4) is 0 Å². The maximum atomic E-state index is 5.89. The molecule has 1 aromatic carbocycles. The van der Waals surface area contributed by atoms with E-state index in [1.807, 2.05) is 59.2 Å². The number of thioether (sulfide) groups is 6. The minimum atomic E-state index is 0.669. The molecule has 106 valence electrons. The molecule has 0 fully saturated rings. The summed E-state index contributed by atoms with van der Waals surface area (Å²) in [6, 6.07) is 3.97. The van der Waals surface area contributed by atoms with E-state index < -0.39 is 0 Å². The van der Waals surface area contributed by atoms with Gasteiger partial charge in [0.2, 0.25) is 0 Å². The molecule has 20 heavy (non-hydrogen) atoms. The third-order valence-corrected chi connectivity index (χ3v) is 10.9. The van der Waals surface area contributed by atoms with Crippen LogP contribution in [0.15, 0.2) is 38.9 Å². The molecule has 0 spiro atoms. The Kier molecular flexibility index (Phi) is 4.79. The summed E-state index contributed by atoms with van der Waals surface area (Å²) < 4.78 is 5.53. The van der Waals surface area contributed by atoms with Gasteiger partial charge in [-0.25, -0.2) is 0 Å². The molecule has 0 aliphatic carbocycles. The predicted molar refractivity (Wildman–Crippen MR) is 103 cm³/mol. The molecule has 0 saturated heterocycles. The summed E-state index contributed by atoms with van der Waals surface area (Å²) in [5.74, 6) is 0. The van der Waals surface area contributed by atoms with Crippen LogP contribution in [0, 0.1) is 0 Å². The van der Waals surface area contributed by atoms with Gasteiger partial charge in [0.05, 0.1) is 28.3 Å². The van der Waals surface area contributed by atoms with E-state index in [4.69, 9.17) is 11.5 Å². The lowest BCUT2D eigenvalue weighted by atomic mass is 10.3. The molecule has 0 unspecified atom stereocenters. The van der Waals surface area contributed by atoms with Gasteiger partial charge in [-0.1, -0.05) is 47.0 Å². The Morgan fingerprint density at radius 3 is 1.55 bits per heavy atom. The van der Waals surface area contributed by atoms with Gasteiger partial charge in [-0.05, 0) is 24.6 Å². The van der Waals surface area contributed by atoms with Crippen LogP contribution in [-0.4, -0.2) is 12.5 Å². The van der Waals surface area contributed by atoms with Crippen LogP contribution in [0.25, 0.3) is 0 Å². The van der Waals surface area contributed by atoms with Gasteiger partial charge < -0.3 is 11.5 Å². The van der Waals surface area contributed by atoms with E-state index in [9.17, 15) is 0 Å². The van der Waals surface area contributed by atoms with Crippen molar-refractivity contribution in [3.05, 3.63) is 29.1 Å². The SMILES string of the molecule is CSC1=C(SC)SC(=C2Sc3cc(N)c(N)cc3S2)S1. The molecular formula is C12H12N2S6. The molecule has 2 aliphatic heterocycles. The number of anilines is 2. The average Bonchev–Trinajstić information content (AvgIpc) is 3.02. The minimum absolute atomic E-state index is 0.669. The fourth-order valence-electron chi connectivity index (χ4n) is 1.66. The third kappa shape index (κ3) is 2.83. The fourth-order valence-corrected chi connectivity index (χ4v) is 9.53. The van der Waals surface area contributed by atoms with Gasteiger partial charge in [0.15, 0.2) is 0 Å². The molecule has 0 saturated carbocycles. The zero-order valence-corrected chi connectivity index (χ0v) is 15.7. The Morgan fingerprint density at radius 2 is 1.15 bits per heavy atom. The first kappa shape index (κ1) is 15.3. The summed E-state index contributed by atoms with van der Waals surface area (Å²) in [5.41, 5.74) is 13.1. The Hall–Kier alpha value is 0.400. The van der Waals surface area contributed by atoms with Gasteiger partial charge in [0.1, 0.15) is 0 Å². The summed E-state index contributed by atoms with van der Waals surface area (Å²) in [7, 11) is 0. The van der Waals surface area contributed by atoms with E-state index in [-0.39, 0.29) is 0 Å². The smallest absolute Gasteiger partial charge is 0.0717 e. The second kappa shape index (κ2) is 6.26. The second-order valence-corrected chi connectivity index (χ2v) is 10.7. The van der Waals surface area contributed by atoms with Crippen molar-refractivity contribution in [2.45, 2.75) is 9.79 Å². The van der Waals surface area contributed by atoms with E-state index >= 15 is 0 Å². The average molecular weight is 377 g/mol. The topological polar surface area (TPSA) is 52.0 Å². The van der Waals surface area contributed by atoms with E-state index in [1.165, 1.54) is 26.7 Å². The molecule has 2 aliphatic rings. The van der Waals surface area contributed by atoms with Crippen molar-refractivity contribution in [1.82, 2.24) is 0 Å². The van der Waals surface area contributed by atoms with Gasteiger partial charge in [0.25, 0.3) is 0 Å². The standard InChI is InChI=1S/C12H12N2S6/c1-15-9-10(16-2)20-12(19-9)11-17-7-3-5(13)6(14)4-8(7)18-11/h3-4H,13-14H2,1-2H3. The van der Waals surface area contributed by atoms with E-state index in [0.717, 1.165) is 0 Å². The van der Waals surface area contributed by atoms with Gasteiger partial charge in [-0.2, -0.15) is 0 Å². The van der Waals surface area contributed by atoms with Crippen molar-refractivity contribution >= 4 is 81.9 Å². The molecule has 0 amide bonds. The number of nitrogen functional groups attached to an aromatic ring is 2. The molecule has 8 heteroatoms. The van der Waals surface area contributed by atoms with Crippen LogP contribution >= 0.6 is 70.6 Å². The van der Waals surface area contributed by atoms with Crippen molar-refractivity contribution in [2.24, 2.45) is 0 Å². The zero-order chi connectivity index (χ0) is 14.3. The van der Waals surface area contributed by atoms with Crippen LogP contribution in [0.2, 0.25) is 0 Å². The Labute approximate surface area is 144 Å². The van der Waals surface area contributed by atoms with Crippen molar-refractivity contribution in [3.63, 3.8) is 0 Å². The third-order valence-electron chi connectivity index (χ3n) is 2.63. The van der Waals surface area contributed by atoms with Gasteiger partial charge in [0, 0.05) is 9.79 Å². The second-order valence-electron chi connectivity index (χ2n) is 3.89. The molecule has 0 radical (unpaired) electrons. The number of hydrogen-bond donors (Lipinski definition) is 2. The zero-order valence-electron chi connectivity index (χ0n) is 10.8. The quantitative estimate of drug-likeness (QED) is 0.655. The lowest BCUT2D eigenvalue weighted by molar-refractivity contribution is 1.28. The van der Waals surface area contributed by atoms with Crippen LogP contribution in [0.5, 0.6) is 0 Å². The summed E-state index contributed by atoms with van der Waals surface area (Å²) in [6.07, 6.45) is 4.27. The van der Waals surface area contributed by atoms with Crippen LogP contribution in [-0.2, 0) is 0 Å². The van der Waals surface area contributed by atoms with E-state index in [0.29, 0.717) is 11.4 Å². The van der Waals surface area contributed by atoms with Crippen molar-refractivity contribution in [1.29, 1.82) is 0 Å². The van der Waals surface area contributed by atoms with Gasteiger partial charge >= 0.3 is 0 Å². The maximum absolute atomic E-state index is 5.89. The summed E-state index contributed by atoms with van der Waals surface area (Å²) in [4.78, 5) is 2.43. The fraction of sp³-hybridized carbons (Fsp3) is 0.167. The number of fused-ring (bicyclic) bond motifs is 1. The molecule has 0 aromatic heterocycles. The van der Waals surface area contributed by atoms with E-state index in [2.05, 4.69) is 12.5 Å². The molecule has 2 nitrogen and oxygen atoms in total. The first-order valence-corrected chi connectivity index (χ1v) is 11.3. The van der Waals surface area contributed by atoms with Crippen molar-refractivity contribution in [2.75, 3.05) is 24.0 Å². The summed E-state index contributed by atoms with van der Waals surface area (Å²) in [6.45, 7) is 0. The van der Waals surface area contributed by atoms with Gasteiger partial charge in [-0.3, -0.25) is 0 Å². The first-order valence-electron chi connectivity index (χ1n) is 5.59. The number of rotatable bonds is 2. The lowest BCUT2D eigenvalue weighted by Gasteiger charge is -2.01. The predicted octanol–water partition coefficient (Wildman–Crippen LogP) is 5.51. The Bertz CT molecular complexity index is 586. The first-order chi connectivity index (χ1) is 9.62. The van der Waals surface area contributed by atoms with Crippen LogP contribution in [0.1, 0.15) is 0 Å². The Balaban J connectivity index is 1.88. The van der Waals surface area contributed by atoms with Gasteiger partial charge in [-0.15, -0.1) is 23.5 Å². The largest absolute Gasteiger partial charge is 0.397 e. The highest BCUT2D eigenvalue weighted by atomic mass is 32.3. The highest BCUT2D eigenvalue weighted by molar-refractivity contribution is 8.41. The molecule has 0 bridgehead atoms. The van der Waals surface area contributed by atoms with Crippen molar-refractivity contribution < 1.29 is 0 Å². The number of benzene rings is 1. The molecule has 1 aromatic rings. The maximum Gasteiger partial charge on any atom is 0.0717 e. The minimum Gasteiger partial charge on any atom is -0.397 e. The Morgan fingerprint density at radius 1 is 0.750 bits per heavy atom. The van der Waals surface area contributed by atoms with Crippen LogP contribution < -0.4 is 11.5 Å². The molecule has 0 atom stereocenters.